The number of aromatic carboxylic acids is 1. The number of likely N-dealkylation sites (tertiary alicyclic amines) is 1. The summed E-state index contributed by atoms with van der Waals surface area (Å²) in [7, 11) is 0. The lowest BCUT2D eigenvalue weighted by molar-refractivity contribution is 0.0685. The second-order valence-corrected chi connectivity index (χ2v) is 6.69. The Morgan fingerprint density at radius 3 is 2.56 bits per heavy atom. The number of ether oxygens (including phenoxy) is 1. The Bertz CT molecular complexity index is 813. The number of rotatable bonds is 6. The number of nitrogens with zero attached hydrogens (tertiary/aromatic N) is 2. The van der Waals surface area contributed by atoms with E-state index in [1.807, 2.05) is 24.0 Å². The Morgan fingerprint density at radius 1 is 1.15 bits per heavy atom. The average molecular weight is 368 g/mol. The molecule has 0 aliphatic carbocycles. The first-order valence-electron chi connectivity index (χ1n) is 9.28. The summed E-state index contributed by atoms with van der Waals surface area (Å²) in [6.45, 7) is 3.63. The molecule has 0 radical (unpaired) electrons. The van der Waals surface area contributed by atoms with Crippen LogP contribution in [0.3, 0.4) is 0 Å². The number of pyridine rings is 1. The summed E-state index contributed by atoms with van der Waals surface area (Å²) in [5, 5.41) is 9.34. The van der Waals surface area contributed by atoms with Crippen molar-refractivity contribution in [2.24, 2.45) is 5.92 Å². The Labute approximate surface area is 158 Å². The van der Waals surface area contributed by atoms with Crippen LogP contribution >= 0.6 is 0 Å². The number of benzene rings is 1. The van der Waals surface area contributed by atoms with Gasteiger partial charge in [0.2, 0.25) is 5.88 Å². The minimum atomic E-state index is -0.891. The maximum atomic E-state index is 12.8. The largest absolute Gasteiger partial charge is 0.478 e. The SMILES string of the molecule is CCOc1ncccc1C(=O)N1CCC(Cc2ccccc2C(=O)O)CC1. The van der Waals surface area contributed by atoms with Gasteiger partial charge in [-0.3, -0.25) is 4.79 Å². The van der Waals surface area contributed by atoms with Crippen LogP contribution in [-0.2, 0) is 6.42 Å². The van der Waals surface area contributed by atoms with Gasteiger partial charge in [0, 0.05) is 19.3 Å². The fourth-order valence-corrected chi connectivity index (χ4v) is 3.53. The second kappa shape index (κ2) is 8.66. The summed E-state index contributed by atoms with van der Waals surface area (Å²) in [6.07, 6.45) is 4.04. The van der Waals surface area contributed by atoms with Crippen molar-refractivity contribution in [1.29, 1.82) is 0 Å². The quantitative estimate of drug-likeness (QED) is 0.846. The molecule has 27 heavy (non-hydrogen) atoms. The van der Waals surface area contributed by atoms with Crippen LogP contribution in [-0.4, -0.2) is 46.6 Å². The van der Waals surface area contributed by atoms with E-state index in [1.165, 1.54) is 0 Å². The summed E-state index contributed by atoms with van der Waals surface area (Å²) in [4.78, 5) is 30.2. The van der Waals surface area contributed by atoms with Gasteiger partial charge in [-0.15, -0.1) is 0 Å². The van der Waals surface area contributed by atoms with Gasteiger partial charge in [-0.1, -0.05) is 18.2 Å². The molecule has 6 nitrogen and oxygen atoms in total. The minimum Gasteiger partial charge on any atom is -0.478 e. The maximum Gasteiger partial charge on any atom is 0.335 e. The van der Waals surface area contributed by atoms with E-state index in [4.69, 9.17) is 4.74 Å². The summed E-state index contributed by atoms with van der Waals surface area (Å²) in [5.74, 6) is -0.202. The van der Waals surface area contributed by atoms with Crippen molar-refractivity contribution in [3.63, 3.8) is 0 Å². The zero-order valence-electron chi connectivity index (χ0n) is 15.4. The molecule has 1 N–H and O–H groups in total. The molecule has 0 atom stereocenters. The molecule has 0 bridgehead atoms. The third-order valence-corrected chi connectivity index (χ3v) is 4.94. The second-order valence-electron chi connectivity index (χ2n) is 6.69. The molecule has 1 fully saturated rings. The van der Waals surface area contributed by atoms with Crippen molar-refractivity contribution in [3.8, 4) is 5.88 Å². The molecule has 0 unspecified atom stereocenters. The fourth-order valence-electron chi connectivity index (χ4n) is 3.53. The fraction of sp³-hybridized carbons (Fsp3) is 0.381. The molecule has 2 heterocycles. The normalized spacial score (nSPS) is 14.8. The lowest BCUT2D eigenvalue weighted by atomic mass is 9.88. The van der Waals surface area contributed by atoms with Gasteiger partial charge in [-0.2, -0.15) is 0 Å². The van der Waals surface area contributed by atoms with Gasteiger partial charge < -0.3 is 14.7 Å². The lowest BCUT2D eigenvalue weighted by Crippen LogP contribution is -2.39. The number of hydrogen-bond donors (Lipinski definition) is 1. The number of piperidine rings is 1. The van der Waals surface area contributed by atoms with Gasteiger partial charge >= 0.3 is 5.97 Å². The highest BCUT2D eigenvalue weighted by atomic mass is 16.5. The standard InChI is InChI=1S/C21H24N2O4/c1-2-27-19-18(8-5-11-22-19)20(24)23-12-9-15(10-13-23)14-16-6-3-4-7-17(16)21(25)26/h3-8,11,15H,2,9-10,12-14H2,1H3,(H,25,26). The van der Waals surface area contributed by atoms with Crippen molar-refractivity contribution in [2.45, 2.75) is 26.2 Å². The van der Waals surface area contributed by atoms with E-state index >= 15 is 0 Å². The molecular formula is C21H24N2O4. The van der Waals surface area contributed by atoms with Gasteiger partial charge in [-0.05, 0) is 55.9 Å². The van der Waals surface area contributed by atoms with Crippen molar-refractivity contribution < 1.29 is 19.4 Å². The summed E-state index contributed by atoms with van der Waals surface area (Å²) < 4.78 is 5.47. The van der Waals surface area contributed by atoms with Gasteiger partial charge in [0.15, 0.2) is 0 Å². The van der Waals surface area contributed by atoms with E-state index in [0.717, 1.165) is 24.8 Å². The molecular weight excluding hydrogens is 344 g/mol. The predicted octanol–water partition coefficient (Wildman–Crippen LogP) is 3.27. The number of carboxylic acids is 1. The third kappa shape index (κ3) is 4.45. The number of hydrogen-bond acceptors (Lipinski definition) is 4. The molecule has 0 saturated carbocycles. The zero-order chi connectivity index (χ0) is 19.2. The minimum absolute atomic E-state index is 0.0593. The monoisotopic (exact) mass is 368 g/mol. The van der Waals surface area contributed by atoms with Gasteiger partial charge in [0.05, 0.1) is 12.2 Å². The van der Waals surface area contributed by atoms with Crippen molar-refractivity contribution >= 4 is 11.9 Å². The van der Waals surface area contributed by atoms with E-state index in [2.05, 4.69) is 4.98 Å². The van der Waals surface area contributed by atoms with Crippen LogP contribution in [0.25, 0.3) is 0 Å². The Morgan fingerprint density at radius 2 is 1.85 bits per heavy atom. The number of carboxylic acid groups (broad SMARTS) is 1. The highest BCUT2D eigenvalue weighted by Gasteiger charge is 2.26. The molecule has 0 spiro atoms. The highest BCUT2D eigenvalue weighted by molar-refractivity contribution is 5.96. The van der Waals surface area contributed by atoms with E-state index in [1.54, 1.807) is 30.5 Å². The molecule has 142 valence electrons. The Balaban J connectivity index is 1.63. The summed E-state index contributed by atoms with van der Waals surface area (Å²) in [5.41, 5.74) is 1.72. The summed E-state index contributed by atoms with van der Waals surface area (Å²) >= 11 is 0. The Hall–Kier alpha value is -2.89. The molecule has 1 amide bonds. The molecule has 1 saturated heterocycles. The number of carbonyl (C=O) groups is 2. The van der Waals surface area contributed by atoms with E-state index in [-0.39, 0.29) is 5.91 Å². The number of amides is 1. The van der Waals surface area contributed by atoms with Crippen LogP contribution in [0, 0.1) is 5.92 Å². The van der Waals surface area contributed by atoms with Crippen LogP contribution in [0.4, 0.5) is 0 Å². The first-order chi connectivity index (χ1) is 13.1. The highest BCUT2D eigenvalue weighted by Crippen LogP contribution is 2.26. The predicted molar refractivity (Wildman–Crippen MR) is 101 cm³/mol. The summed E-state index contributed by atoms with van der Waals surface area (Å²) in [6, 6.07) is 10.6. The molecule has 6 heteroatoms. The molecule has 3 rings (SSSR count). The first kappa shape index (κ1) is 18.9. The third-order valence-electron chi connectivity index (χ3n) is 4.94. The number of carbonyl (C=O) groups excluding carboxylic acids is 1. The number of aromatic nitrogens is 1. The van der Waals surface area contributed by atoms with Crippen molar-refractivity contribution in [1.82, 2.24) is 9.88 Å². The van der Waals surface area contributed by atoms with Gasteiger partial charge in [0.1, 0.15) is 5.56 Å². The topological polar surface area (TPSA) is 79.7 Å². The maximum absolute atomic E-state index is 12.8. The first-order valence-corrected chi connectivity index (χ1v) is 9.28. The lowest BCUT2D eigenvalue weighted by Gasteiger charge is -2.32. The van der Waals surface area contributed by atoms with Crippen LogP contribution in [0.5, 0.6) is 5.88 Å². The van der Waals surface area contributed by atoms with Crippen LogP contribution in [0.2, 0.25) is 0 Å². The van der Waals surface area contributed by atoms with Crippen molar-refractivity contribution in [3.05, 3.63) is 59.3 Å². The van der Waals surface area contributed by atoms with Crippen LogP contribution < -0.4 is 4.74 Å². The van der Waals surface area contributed by atoms with Crippen LogP contribution in [0.1, 0.15) is 46.0 Å². The Kier molecular flexibility index (Phi) is 6.06. The smallest absolute Gasteiger partial charge is 0.335 e. The van der Waals surface area contributed by atoms with E-state index in [9.17, 15) is 14.7 Å². The van der Waals surface area contributed by atoms with E-state index in [0.29, 0.717) is 42.6 Å². The molecule has 1 aliphatic rings. The van der Waals surface area contributed by atoms with E-state index < -0.39 is 5.97 Å². The van der Waals surface area contributed by atoms with Crippen molar-refractivity contribution in [2.75, 3.05) is 19.7 Å². The molecule has 1 aliphatic heterocycles. The van der Waals surface area contributed by atoms with Gasteiger partial charge in [-0.25, -0.2) is 9.78 Å². The van der Waals surface area contributed by atoms with Crippen LogP contribution in [0.15, 0.2) is 42.6 Å². The van der Waals surface area contributed by atoms with Gasteiger partial charge in [0.25, 0.3) is 5.91 Å². The molecule has 1 aromatic heterocycles. The zero-order valence-corrected chi connectivity index (χ0v) is 15.4. The molecule has 2 aromatic rings. The average Bonchev–Trinajstić information content (AvgIpc) is 2.69. The molecule has 1 aromatic carbocycles.